The minimum Gasteiger partial charge on any atom is -0.379 e. The van der Waals surface area contributed by atoms with Crippen LogP contribution in [0.2, 0.25) is 0 Å². The van der Waals surface area contributed by atoms with Crippen molar-refractivity contribution in [3.05, 3.63) is 29.8 Å². The van der Waals surface area contributed by atoms with E-state index in [0.717, 1.165) is 12.0 Å². The molecule has 5 nitrogen and oxygen atoms in total. The van der Waals surface area contributed by atoms with E-state index in [-0.39, 0.29) is 16.4 Å². The Kier molecular flexibility index (Phi) is 4.82. The van der Waals surface area contributed by atoms with Gasteiger partial charge in [0.2, 0.25) is 0 Å². The molecule has 0 unspecified atom stereocenters. The second-order valence-corrected chi connectivity index (χ2v) is 9.05. The molecule has 1 aromatic carbocycles. The molecule has 1 saturated heterocycles. The maximum Gasteiger partial charge on any atom is 0.290 e. The lowest BCUT2D eigenvalue weighted by Crippen LogP contribution is -2.26. The van der Waals surface area contributed by atoms with Crippen molar-refractivity contribution >= 4 is 19.8 Å². The topological polar surface area (TPSA) is 72.8 Å². The molecule has 0 aromatic heterocycles. The number of aryl methyl sites for hydroxylation is 1. The van der Waals surface area contributed by atoms with Crippen LogP contribution in [0.25, 0.3) is 0 Å². The molecule has 7 heteroatoms. The Labute approximate surface area is 120 Å². The third kappa shape index (κ3) is 3.59. The van der Waals surface area contributed by atoms with Gasteiger partial charge >= 0.3 is 0 Å². The van der Waals surface area contributed by atoms with Crippen molar-refractivity contribution in [2.24, 2.45) is 3.77 Å². The summed E-state index contributed by atoms with van der Waals surface area (Å²) < 4.78 is 46.1. The van der Waals surface area contributed by atoms with Gasteiger partial charge in [-0.2, -0.15) is 8.42 Å². The fourth-order valence-corrected chi connectivity index (χ4v) is 6.17. The Morgan fingerprint density at radius 2 is 1.90 bits per heavy atom. The number of hydrogen-bond donors (Lipinski definition) is 0. The van der Waals surface area contributed by atoms with Gasteiger partial charge in [0.05, 0.1) is 39.3 Å². The highest BCUT2D eigenvalue weighted by Gasteiger charge is 2.23. The molecule has 1 fully saturated rings. The maximum absolute atomic E-state index is 12.4. The molecule has 1 aliphatic rings. The molecule has 0 atom stereocenters. The molecule has 0 amide bonds. The van der Waals surface area contributed by atoms with Gasteiger partial charge in [-0.1, -0.05) is 31.5 Å². The maximum atomic E-state index is 12.4. The zero-order chi connectivity index (χ0) is 14.6. The van der Waals surface area contributed by atoms with Crippen molar-refractivity contribution in [3.8, 4) is 0 Å². The highest BCUT2D eigenvalue weighted by atomic mass is 32.3. The van der Waals surface area contributed by atoms with Crippen LogP contribution in [-0.2, 0) is 30.9 Å². The summed E-state index contributed by atoms with van der Waals surface area (Å²) in [4.78, 5) is 0.177. The molecule has 0 N–H and O–H groups in total. The van der Waals surface area contributed by atoms with Crippen molar-refractivity contribution in [1.29, 1.82) is 0 Å². The first-order valence-corrected chi connectivity index (χ1v) is 9.91. The van der Waals surface area contributed by atoms with Gasteiger partial charge in [0.1, 0.15) is 0 Å². The zero-order valence-electron chi connectivity index (χ0n) is 11.4. The van der Waals surface area contributed by atoms with Gasteiger partial charge in [0, 0.05) is 0 Å². The first kappa shape index (κ1) is 15.5. The summed E-state index contributed by atoms with van der Waals surface area (Å²) in [5, 5.41) is 0. The summed E-state index contributed by atoms with van der Waals surface area (Å²) in [6.45, 7) is 2.59. The number of benzene rings is 1. The van der Waals surface area contributed by atoms with Gasteiger partial charge in [0.15, 0.2) is 0 Å². The zero-order valence-corrected chi connectivity index (χ0v) is 13.1. The summed E-state index contributed by atoms with van der Waals surface area (Å²) in [6.07, 6.45) is 1.50. The fraction of sp³-hybridized carbons (Fsp3) is 0.538. The van der Waals surface area contributed by atoms with E-state index in [9.17, 15) is 12.6 Å². The summed E-state index contributed by atoms with van der Waals surface area (Å²) >= 11 is 0. The molecule has 20 heavy (non-hydrogen) atoms. The monoisotopic (exact) mass is 317 g/mol. The van der Waals surface area contributed by atoms with Gasteiger partial charge in [-0.3, -0.25) is 0 Å². The van der Waals surface area contributed by atoms with Crippen molar-refractivity contribution in [3.63, 3.8) is 0 Å². The quantitative estimate of drug-likeness (QED) is 0.849. The minimum atomic E-state index is -3.88. The van der Waals surface area contributed by atoms with Crippen LogP contribution >= 0.6 is 0 Å². The van der Waals surface area contributed by atoms with Gasteiger partial charge < -0.3 is 4.74 Å². The van der Waals surface area contributed by atoms with Gasteiger partial charge in [0.25, 0.3) is 10.0 Å². The highest BCUT2D eigenvalue weighted by Crippen LogP contribution is 2.21. The molecule has 0 radical (unpaired) electrons. The molecule has 0 bridgehead atoms. The number of hydrogen-bond acceptors (Lipinski definition) is 4. The Morgan fingerprint density at radius 1 is 1.25 bits per heavy atom. The summed E-state index contributed by atoms with van der Waals surface area (Å²) in [5.74, 6) is 0.365. The molecule has 0 aliphatic carbocycles. The van der Waals surface area contributed by atoms with Crippen LogP contribution in [0.15, 0.2) is 32.9 Å². The van der Waals surface area contributed by atoms with Crippen molar-refractivity contribution in [2.45, 2.75) is 24.7 Å². The van der Waals surface area contributed by atoms with Crippen molar-refractivity contribution in [2.75, 3.05) is 24.7 Å². The number of ether oxygens (including phenoxy) is 1. The molecular formula is C13H19NO4S2. The normalized spacial score (nSPS) is 18.6. The molecule has 1 aliphatic heterocycles. The molecule has 1 aromatic rings. The van der Waals surface area contributed by atoms with Crippen LogP contribution in [0.5, 0.6) is 0 Å². The van der Waals surface area contributed by atoms with Crippen LogP contribution in [0.4, 0.5) is 0 Å². The Hall–Kier alpha value is -0.920. The fourth-order valence-electron chi connectivity index (χ4n) is 2.11. The third-order valence-electron chi connectivity index (χ3n) is 3.10. The second kappa shape index (κ2) is 6.24. The smallest absolute Gasteiger partial charge is 0.290 e. The molecule has 0 saturated carbocycles. The average Bonchev–Trinajstić information content (AvgIpc) is 2.39. The average molecular weight is 317 g/mol. The van der Waals surface area contributed by atoms with Gasteiger partial charge in [-0.25, -0.2) is 4.21 Å². The number of rotatable bonds is 4. The van der Waals surface area contributed by atoms with E-state index in [1.165, 1.54) is 6.07 Å². The van der Waals surface area contributed by atoms with E-state index in [2.05, 4.69) is 3.77 Å². The second-order valence-electron chi connectivity index (χ2n) is 4.70. The van der Waals surface area contributed by atoms with Crippen LogP contribution < -0.4 is 0 Å². The summed E-state index contributed by atoms with van der Waals surface area (Å²) in [5.41, 5.74) is 0.730. The largest absolute Gasteiger partial charge is 0.379 e. The highest BCUT2D eigenvalue weighted by molar-refractivity contribution is 8.03. The van der Waals surface area contributed by atoms with E-state index in [1.807, 2.05) is 6.92 Å². The Morgan fingerprint density at radius 3 is 2.55 bits per heavy atom. The first-order valence-electron chi connectivity index (χ1n) is 6.61. The standard InChI is InChI=1S/C13H19NO4S2/c1-2-5-12-6-3-4-7-13(12)20(16,17)14-19(15)10-8-18-9-11-19/h3-4,6-7H,2,5,8-11H2,1H3. The Balaban J connectivity index is 2.46. The van der Waals surface area contributed by atoms with Gasteiger partial charge in [-0.05, 0) is 18.1 Å². The molecule has 0 spiro atoms. The first-order chi connectivity index (χ1) is 9.47. The predicted octanol–water partition coefficient (Wildman–Crippen LogP) is 1.83. The van der Waals surface area contributed by atoms with E-state index < -0.39 is 19.8 Å². The van der Waals surface area contributed by atoms with Crippen molar-refractivity contribution in [1.82, 2.24) is 0 Å². The van der Waals surface area contributed by atoms with E-state index in [4.69, 9.17) is 4.74 Å². The molecular weight excluding hydrogens is 298 g/mol. The predicted molar refractivity (Wildman–Crippen MR) is 78.7 cm³/mol. The minimum absolute atomic E-state index is 0.177. The molecule has 112 valence electrons. The van der Waals surface area contributed by atoms with E-state index >= 15 is 0 Å². The molecule has 1 heterocycles. The van der Waals surface area contributed by atoms with E-state index in [1.54, 1.807) is 18.2 Å². The van der Waals surface area contributed by atoms with Crippen LogP contribution in [0.1, 0.15) is 18.9 Å². The lowest BCUT2D eigenvalue weighted by molar-refractivity contribution is 0.158. The van der Waals surface area contributed by atoms with Crippen LogP contribution in [-0.4, -0.2) is 37.3 Å². The molecule has 2 rings (SSSR count). The SMILES string of the molecule is CCCc1ccccc1S(=O)(=O)N=S1(=O)CCOCC1. The summed E-state index contributed by atoms with van der Waals surface area (Å²) in [6, 6.07) is 6.78. The van der Waals surface area contributed by atoms with E-state index in [0.29, 0.717) is 19.6 Å². The number of nitrogens with zero attached hydrogens (tertiary/aromatic N) is 1. The lowest BCUT2D eigenvalue weighted by Gasteiger charge is -2.16. The van der Waals surface area contributed by atoms with Gasteiger partial charge in [-0.15, -0.1) is 3.77 Å². The lowest BCUT2D eigenvalue weighted by atomic mass is 10.1. The number of sulfonamides is 1. The third-order valence-corrected chi connectivity index (χ3v) is 7.53. The van der Waals surface area contributed by atoms with Crippen LogP contribution in [0, 0.1) is 0 Å². The summed E-state index contributed by atoms with van der Waals surface area (Å²) in [7, 11) is -6.59. The van der Waals surface area contributed by atoms with Crippen LogP contribution in [0.3, 0.4) is 0 Å². The van der Waals surface area contributed by atoms with Crippen molar-refractivity contribution < 1.29 is 17.4 Å². The Bertz CT molecular complexity index is 676.